The first kappa shape index (κ1) is 22.0. The van der Waals surface area contributed by atoms with E-state index in [0.717, 1.165) is 20.5 Å². The highest BCUT2D eigenvalue weighted by Gasteiger charge is 2.31. The number of halogens is 1. The van der Waals surface area contributed by atoms with Gasteiger partial charge in [-0.2, -0.15) is 0 Å². The molecule has 34 heavy (non-hydrogen) atoms. The Morgan fingerprint density at radius 2 is 1.76 bits per heavy atom. The van der Waals surface area contributed by atoms with Crippen LogP contribution < -0.4 is 9.47 Å². The van der Waals surface area contributed by atoms with Gasteiger partial charge in [-0.1, -0.05) is 18.2 Å². The fourth-order valence-corrected chi connectivity index (χ4v) is 4.96. The van der Waals surface area contributed by atoms with E-state index in [1.807, 2.05) is 37.3 Å². The molecule has 0 aliphatic carbocycles. The monoisotopic (exact) mass is 475 g/mol. The van der Waals surface area contributed by atoms with Crippen molar-refractivity contribution in [2.45, 2.75) is 13.0 Å². The van der Waals surface area contributed by atoms with Crippen molar-refractivity contribution in [2.75, 3.05) is 13.1 Å². The molecule has 1 aromatic heterocycles. The Hall–Kier alpha value is -3.84. The Balaban J connectivity index is 1.34. The highest BCUT2D eigenvalue weighted by molar-refractivity contribution is 7.22. The summed E-state index contributed by atoms with van der Waals surface area (Å²) in [6.45, 7) is 2.95. The standard InChI is InChI=1S/C27H22FNO4S/c1-2-3-25(31)29-15-22(16-29)32-20-9-11-21(12-10-20)33-26-23-13-8-19(30)14-24(23)34-27(26)17-4-6-18(28)7-5-17/h2-14,22,30H,15-16H2,1H3/b3-2+. The van der Waals surface area contributed by atoms with Crippen LogP contribution in [0.3, 0.4) is 0 Å². The van der Waals surface area contributed by atoms with Crippen LogP contribution in [0.1, 0.15) is 6.92 Å². The van der Waals surface area contributed by atoms with E-state index in [-0.39, 0.29) is 23.6 Å². The summed E-state index contributed by atoms with van der Waals surface area (Å²) in [4.78, 5) is 14.4. The molecule has 0 unspecified atom stereocenters. The zero-order valence-electron chi connectivity index (χ0n) is 18.4. The SMILES string of the molecule is C/C=C/C(=O)N1CC(Oc2ccc(Oc3c(-c4ccc(F)cc4)sc4cc(O)ccc34)cc2)C1. The molecule has 1 amide bonds. The van der Waals surface area contributed by atoms with Gasteiger partial charge in [0.1, 0.15) is 29.2 Å². The minimum Gasteiger partial charge on any atom is -0.508 e. The molecule has 0 radical (unpaired) electrons. The number of hydrogen-bond donors (Lipinski definition) is 1. The van der Waals surface area contributed by atoms with Crippen molar-refractivity contribution in [3.8, 4) is 33.4 Å². The van der Waals surface area contributed by atoms with Crippen molar-refractivity contribution in [1.82, 2.24) is 4.90 Å². The van der Waals surface area contributed by atoms with E-state index in [4.69, 9.17) is 9.47 Å². The van der Waals surface area contributed by atoms with Gasteiger partial charge in [0.2, 0.25) is 5.91 Å². The summed E-state index contributed by atoms with van der Waals surface area (Å²) in [6, 6.07) is 18.7. The lowest BCUT2D eigenvalue weighted by molar-refractivity contribution is -0.134. The van der Waals surface area contributed by atoms with Gasteiger partial charge in [-0.25, -0.2) is 4.39 Å². The van der Waals surface area contributed by atoms with E-state index >= 15 is 0 Å². The first-order valence-corrected chi connectivity index (χ1v) is 11.7. The van der Waals surface area contributed by atoms with Crippen LogP contribution in [-0.2, 0) is 4.79 Å². The smallest absolute Gasteiger partial charge is 0.246 e. The van der Waals surface area contributed by atoms with Crippen molar-refractivity contribution in [3.05, 3.63) is 84.7 Å². The molecule has 1 saturated heterocycles. The molecular formula is C27H22FNO4S. The van der Waals surface area contributed by atoms with Crippen LogP contribution in [0.4, 0.5) is 4.39 Å². The van der Waals surface area contributed by atoms with Crippen LogP contribution in [0, 0.1) is 5.82 Å². The lowest BCUT2D eigenvalue weighted by atomic mass is 10.1. The van der Waals surface area contributed by atoms with Gasteiger partial charge in [-0.3, -0.25) is 4.79 Å². The Morgan fingerprint density at radius 3 is 2.47 bits per heavy atom. The number of amides is 1. The molecule has 172 valence electrons. The van der Waals surface area contributed by atoms with Gasteiger partial charge in [0.15, 0.2) is 5.75 Å². The summed E-state index contributed by atoms with van der Waals surface area (Å²) in [5.41, 5.74) is 0.832. The van der Waals surface area contributed by atoms with E-state index in [1.165, 1.54) is 23.5 Å². The van der Waals surface area contributed by atoms with E-state index in [0.29, 0.717) is 30.3 Å². The number of allylic oxidation sites excluding steroid dienone is 1. The third-order valence-electron chi connectivity index (χ3n) is 5.55. The average molecular weight is 476 g/mol. The predicted octanol–water partition coefficient (Wildman–Crippen LogP) is 6.37. The number of likely N-dealkylation sites (tertiary alicyclic amines) is 1. The summed E-state index contributed by atoms with van der Waals surface area (Å²) in [5, 5.41) is 10.8. The summed E-state index contributed by atoms with van der Waals surface area (Å²) >= 11 is 1.48. The van der Waals surface area contributed by atoms with Gasteiger partial charge in [-0.05, 0) is 73.2 Å². The molecular weight excluding hydrogens is 453 g/mol. The fourth-order valence-electron chi connectivity index (χ4n) is 3.79. The van der Waals surface area contributed by atoms with Gasteiger partial charge < -0.3 is 19.5 Å². The van der Waals surface area contributed by atoms with Crippen LogP contribution >= 0.6 is 11.3 Å². The number of carbonyl (C=O) groups is 1. The number of hydrogen-bond acceptors (Lipinski definition) is 5. The van der Waals surface area contributed by atoms with Crippen LogP contribution in [-0.4, -0.2) is 35.1 Å². The van der Waals surface area contributed by atoms with Gasteiger partial charge >= 0.3 is 0 Å². The minimum atomic E-state index is -0.304. The topological polar surface area (TPSA) is 59.0 Å². The van der Waals surface area contributed by atoms with Crippen molar-refractivity contribution in [1.29, 1.82) is 0 Å². The molecule has 0 bridgehead atoms. The number of aromatic hydroxyl groups is 1. The molecule has 4 aromatic rings. The molecule has 3 aromatic carbocycles. The van der Waals surface area contributed by atoms with E-state index in [2.05, 4.69) is 0 Å². The molecule has 5 rings (SSSR count). The molecule has 0 saturated carbocycles. The first-order chi connectivity index (χ1) is 16.5. The first-order valence-electron chi connectivity index (χ1n) is 10.9. The largest absolute Gasteiger partial charge is 0.508 e. The van der Waals surface area contributed by atoms with Crippen molar-refractivity contribution < 1.29 is 23.8 Å². The number of rotatable bonds is 6. The summed E-state index contributed by atoms with van der Waals surface area (Å²) in [7, 11) is 0. The maximum absolute atomic E-state index is 13.5. The van der Waals surface area contributed by atoms with Crippen molar-refractivity contribution in [2.24, 2.45) is 0 Å². The van der Waals surface area contributed by atoms with E-state index in [1.54, 1.807) is 41.3 Å². The van der Waals surface area contributed by atoms with Gasteiger partial charge in [0, 0.05) is 10.1 Å². The highest BCUT2D eigenvalue weighted by atomic mass is 32.1. The van der Waals surface area contributed by atoms with Crippen LogP contribution in [0.5, 0.6) is 23.0 Å². The number of nitrogens with zero attached hydrogens (tertiary/aromatic N) is 1. The Labute approximate surface area is 200 Å². The lowest BCUT2D eigenvalue weighted by Gasteiger charge is -2.38. The number of ether oxygens (including phenoxy) is 2. The molecule has 5 nitrogen and oxygen atoms in total. The van der Waals surface area contributed by atoms with E-state index in [9.17, 15) is 14.3 Å². The minimum absolute atomic E-state index is 0.000588. The summed E-state index contributed by atoms with van der Waals surface area (Å²) in [6.07, 6.45) is 3.26. The van der Waals surface area contributed by atoms with Gasteiger partial charge in [0.05, 0.1) is 18.0 Å². The third-order valence-corrected chi connectivity index (χ3v) is 6.73. The second-order valence-corrected chi connectivity index (χ2v) is 9.06. The number of phenols is 1. The molecule has 7 heteroatoms. The van der Waals surface area contributed by atoms with Gasteiger partial charge in [-0.15, -0.1) is 11.3 Å². The fraction of sp³-hybridized carbons (Fsp3) is 0.148. The Bertz CT molecular complexity index is 1360. The molecule has 1 N–H and O–H groups in total. The molecule has 2 heterocycles. The number of thiophene rings is 1. The lowest BCUT2D eigenvalue weighted by Crippen LogP contribution is -2.55. The number of phenolic OH excluding ortho intramolecular Hbond substituents is 1. The van der Waals surface area contributed by atoms with Crippen molar-refractivity contribution in [3.63, 3.8) is 0 Å². The number of benzene rings is 3. The second kappa shape index (κ2) is 9.19. The summed E-state index contributed by atoms with van der Waals surface area (Å²) < 4.78 is 26.6. The van der Waals surface area contributed by atoms with Crippen LogP contribution in [0.2, 0.25) is 0 Å². The molecule has 1 fully saturated rings. The highest BCUT2D eigenvalue weighted by Crippen LogP contribution is 2.47. The molecule has 1 aliphatic heterocycles. The van der Waals surface area contributed by atoms with Crippen LogP contribution in [0.15, 0.2) is 78.9 Å². The Morgan fingerprint density at radius 1 is 1.06 bits per heavy atom. The zero-order chi connectivity index (χ0) is 23.7. The van der Waals surface area contributed by atoms with Crippen molar-refractivity contribution >= 4 is 27.3 Å². The molecule has 0 atom stereocenters. The third kappa shape index (κ3) is 4.47. The zero-order valence-corrected chi connectivity index (χ0v) is 19.2. The molecule has 1 aliphatic rings. The number of fused-ring (bicyclic) bond motifs is 1. The maximum atomic E-state index is 13.5. The predicted molar refractivity (Wildman–Crippen MR) is 131 cm³/mol. The molecule has 0 spiro atoms. The quantitative estimate of drug-likeness (QED) is 0.329. The van der Waals surface area contributed by atoms with Crippen LogP contribution in [0.25, 0.3) is 20.5 Å². The second-order valence-electron chi connectivity index (χ2n) is 8.00. The Kier molecular flexibility index (Phi) is 5.94. The number of carbonyl (C=O) groups excluding carboxylic acids is 1. The summed E-state index contributed by atoms with van der Waals surface area (Å²) in [5.74, 6) is 1.85. The normalized spacial score (nSPS) is 13.9. The van der Waals surface area contributed by atoms with E-state index < -0.39 is 0 Å². The average Bonchev–Trinajstić information content (AvgIpc) is 3.14. The maximum Gasteiger partial charge on any atom is 0.246 e. The van der Waals surface area contributed by atoms with Gasteiger partial charge in [0.25, 0.3) is 0 Å².